The van der Waals surface area contributed by atoms with Crippen molar-refractivity contribution in [3.8, 4) is 11.5 Å². The van der Waals surface area contributed by atoms with Crippen molar-refractivity contribution in [2.75, 3.05) is 30.3 Å². The number of benzene rings is 2. The molecule has 2 fully saturated rings. The van der Waals surface area contributed by atoms with E-state index >= 15 is 0 Å². The summed E-state index contributed by atoms with van der Waals surface area (Å²) >= 11 is 1.35. The molecule has 1 aromatic heterocycles. The first-order chi connectivity index (χ1) is 19.0. The van der Waals surface area contributed by atoms with Crippen molar-refractivity contribution in [1.29, 1.82) is 0 Å². The van der Waals surface area contributed by atoms with E-state index in [1.165, 1.54) is 22.7 Å². The molecule has 1 saturated carbocycles. The number of thiazole rings is 1. The van der Waals surface area contributed by atoms with E-state index < -0.39 is 6.04 Å². The van der Waals surface area contributed by atoms with Gasteiger partial charge in [0.15, 0.2) is 5.13 Å². The van der Waals surface area contributed by atoms with E-state index in [2.05, 4.69) is 15.6 Å². The minimum absolute atomic E-state index is 0.0767. The Morgan fingerprint density at radius 2 is 1.72 bits per heavy atom. The number of carbonyl (C=O) groups excluding carboxylic acids is 3. The quantitative estimate of drug-likeness (QED) is 0.383. The third-order valence-corrected chi connectivity index (χ3v) is 7.94. The molecule has 0 spiro atoms. The summed E-state index contributed by atoms with van der Waals surface area (Å²) in [5, 5.41) is 8.08. The number of aromatic nitrogens is 1. The van der Waals surface area contributed by atoms with E-state index in [9.17, 15) is 14.4 Å². The Kier molecular flexibility index (Phi) is 8.72. The number of hydrogen-bond acceptors (Lipinski definition) is 6. The van der Waals surface area contributed by atoms with Crippen molar-refractivity contribution in [3.63, 3.8) is 0 Å². The monoisotopic (exact) mass is 547 g/mol. The van der Waals surface area contributed by atoms with Gasteiger partial charge >= 0.3 is 6.03 Å². The average molecular weight is 548 g/mol. The van der Waals surface area contributed by atoms with Crippen molar-refractivity contribution >= 4 is 40.0 Å². The SMILES string of the molecule is O=C(Nc1nccs1)C(CC1CCCCC1)N1CCN(C(=O)Nc2ccc(Oc3ccccc3)cc2)CC1=O. The second kappa shape index (κ2) is 12.8. The first-order valence-electron chi connectivity index (χ1n) is 13.4. The van der Waals surface area contributed by atoms with Crippen molar-refractivity contribution in [2.45, 2.75) is 44.6 Å². The van der Waals surface area contributed by atoms with Gasteiger partial charge in [0.1, 0.15) is 24.1 Å². The number of anilines is 2. The summed E-state index contributed by atoms with van der Waals surface area (Å²) in [7, 11) is 0. The first kappa shape index (κ1) is 26.7. The fourth-order valence-electron chi connectivity index (χ4n) is 5.21. The van der Waals surface area contributed by atoms with Gasteiger partial charge in [0.25, 0.3) is 0 Å². The van der Waals surface area contributed by atoms with E-state index in [4.69, 9.17) is 4.74 Å². The zero-order valence-electron chi connectivity index (χ0n) is 21.8. The molecule has 2 N–H and O–H groups in total. The predicted octanol–water partition coefficient (Wildman–Crippen LogP) is 5.59. The Morgan fingerprint density at radius 3 is 2.41 bits per heavy atom. The van der Waals surface area contributed by atoms with Crippen molar-refractivity contribution < 1.29 is 19.1 Å². The Morgan fingerprint density at radius 1 is 0.974 bits per heavy atom. The summed E-state index contributed by atoms with van der Waals surface area (Å²) in [6.07, 6.45) is 7.97. The number of nitrogens with one attached hydrogen (secondary N) is 2. The second-order valence-electron chi connectivity index (χ2n) is 9.96. The number of rotatable bonds is 8. The number of urea groups is 1. The van der Waals surface area contributed by atoms with Gasteiger partial charge in [-0.2, -0.15) is 0 Å². The number of para-hydroxylation sites is 1. The molecule has 1 saturated heterocycles. The van der Waals surface area contributed by atoms with Crippen LogP contribution < -0.4 is 15.4 Å². The van der Waals surface area contributed by atoms with Crippen LogP contribution in [0.5, 0.6) is 11.5 Å². The summed E-state index contributed by atoms with van der Waals surface area (Å²) in [5.41, 5.74) is 0.605. The number of hydrogen-bond donors (Lipinski definition) is 2. The lowest BCUT2D eigenvalue weighted by Crippen LogP contribution is -2.59. The van der Waals surface area contributed by atoms with Crippen LogP contribution in [0.4, 0.5) is 15.6 Å². The Balaban J connectivity index is 1.18. The van der Waals surface area contributed by atoms with Crippen LogP contribution in [0.1, 0.15) is 38.5 Å². The van der Waals surface area contributed by atoms with Crippen LogP contribution in [0.2, 0.25) is 0 Å². The highest BCUT2D eigenvalue weighted by Crippen LogP contribution is 2.30. The maximum atomic E-state index is 13.3. The van der Waals surface area contributed by atoms with Gasteiger partial charge in [0.2, 0.25) is 11.8 Å². The van der Waals surface area contributed by atoms with Gasteiger partial charge in [-0.25, -0.2) is 9.78 Å². The number of amides is 4. The molecule has 0 radical (unpaired) electrons. The maximum Gasteiger partial charge on any atom is 0.322 e. The maximum absolute atomic E-state index is 13.3. The van der Waals surface area contributed by atoms with Crippen LogP contribution in [0.15, 0.2) is 66.2 Å². The van der Waals surface area contributed by atoms with Gasteiger partial charge in [-0.1, -0.05) is 50.3 Å². The number of piperazine rings is 1. The van der Waals surface area contributed by atoms with E-state index in [0.717, 1.165) is 31.4 Å². The minimum Gasteiger partial charge on any atom is -0.457 e. The second-order valence-corrected chi connectivity index (χ2v) is 10.9. The summed E-state index contributed by atoms with van der Waals surface area (Å²) in [4.78, 5) is 46.8. The van der Waals surface area contributed by atoms with Crippen molar-refractivity contribution in [1.82, 2.24) is 14.8 Å². The van der Waals surface area contributed by atoms with Crippen LogP contribution in [-0.4, -0.2) is 58.3 Å². The molecular weight excluding hydrogens is 514 g/mol. The fraction of sp³-hybridized carbons (Fsp3) is 0.379. The molecule has 3 aromatic rings. The van der Waals surface area contributed by atoms with Gasteiger partial charge in [-0.3, -0.25) is 9.59 Å². The van der Waals surface area contributed by atoms with Gasteiger partial charge in [-0.05, 0) is 48.7 Å². The van der Waals surface area contributed by atoms with E-state index in [-0.39, 0.29) is 24.4 Å². The van der Waals surface area contributed by atoms with E-state index in [1.54, 1.807) is 40.7 Å². The highest BCUT2D eigenvalue weighted by atomic mass is 32.1. The number of nitrogens with zero attached hydrogens (tertiary/aromatic N) is 3. The van der Waals surface area contributed by atoms with Crippen LogP contribution in [0, 0.1) is 5.92 Å². The third kappa shape index (κ3) is 7.14. The summed E-state index contributed by atoms with van der Waals surface area (Å²) in [6, 6.07) is 15.6. The van der Waals surface area contributed by atoms with Gasteiger partial charge < -0.3 is 25.2 Å². The van der Waals surface area contributed by atoms with Gasteiger partial charge in [0.05, 0.1) is 0 Å². The molecule has 204 valence electrons. The number of carbonyl (C=O) groups is 3. The van der Waals surface area contributed by atoms with Crippen molar-refractivity contribution in [2.24, 2.45) is 5.92 Å². The molecule has 4 amide bonds. The van der Waals surface area contributed by atoms with E-state index in [1.807, 2.05) is 30.3 Å². The number of ether oxygens (including phenoxy) is 1. The molecule has 9 nitrogen and oxygen atoms in total. The molecule has 2 aromatic carbocycles. The standard InChI is InChI=1S/C29H33N5O4S/c35-26-20-33(29(37)31-22-11-13-24(14-12-22)38-23-9-5-2-6-10-23)16-17-34(26)25(19-21-7-3-1-4-8-21)27(36)32-28-30-15-18-39-28/h2,5-6,9-15,18,21,25H,1,3-4,7-8,16-17,19-20H2,(H,31,37)(H,30,32,36). The Hall–Kier alpha value is -3.92. The molecule has 10 heteroatoms. The summed E-state index contributed by atoms with van der Waals surface area (Å²) < 4.78 is 5.80. The van der Waals surface area contributed by atoms with E-state index in [0.29, 0.717) is 42.0 Å². The summed E-state index contributed by atoms with van der Waals surface area (Å²) in [6.45, 7) is 0.573. The molecule has 2 aliphatic rings. The Bertz CT molecular complexity index is 1250. The fourth-order valence-corrected chi connectivity index (χ4v) is 5.74. The first-order valence-corrected chi connectivity index (χ1v) is 14.3. The molecular formula is C29H33N5O4S. The molecule has 1 aliphatic heterocycles. The normalized spacial score (nSPS) is 17.0. The molecule has 5 rings (SSSR count). The topological polar surface area (TPSA) is 104 Å². The lowest BCUT2D eigenvalue weighted by Gasteiger charge is -2.39. The average Bonchev–Trinajstić information content (AvgIpc) is 3.47. The van der Waals surface area contributed by atoms with Crippen LogP contribution in [0.25, 0.3) is 0 Å². The largest absolute Gasteiger partial charge is 0.457 e. The van der Waals surface area contributed by atoms with Crippen LogP contribution in [-0.2, 0) is 9.59 Å². The Labute approximate surface area is 232 Å². The van der Waals surface area contributed by atoms with Crippen LogP contribution in [0.3, 0.4) is 0 Å². The molecule has 1 aliphatic carbocycles. The van der Waals surface area contributed by atoms with Crippen LogP contribution >= 0.6 is 11.3 Å². The third-order valence-electron chi connectivity index (χ3n) is 7.25. The smallest absolute Gasteiger partial charge is 0.322 e. The lowest BCUT2D eigenvalue weighted by atomic mass is 9.84. The lowest BCUT2D eigenvalue weighted by molar-refractivity contribution is -0.142. The predicted molar refractivity (Wildman–Crippen MR) is 151 cm³/mol. The highest BCUT2D eigenvalue weighted by Gasteiger charge is 2.37. The summed E-state index contributed by atoms with van der Waals surface area (Å²) in [5.74, 6) is 1.36. The van der Waals surface area contributed by atoms with Gasteiger partial charge in [0, 0.05) is 30.4 Å². The molecule has 0 bridgehead atoms. The zero-order valence-corrected chi connectivity index (χ0v) is 22.6. The van der Waals surface area contributed by atoms with Gasteiger partial charge in [-0.15, -0.1) is 11.3 Å². The molecule has 1 unspecified atom stereocenters. The molecule has 2 heterocycles. The zero-order chi connectivity index (χ0) is 27.0. The minimum atomic E-state index is -0.577. The molecule has 1 atom stereocenters. The molecule has 39 heavy (non-hydrogen) atoms. The highest BCUT2D eigenvalue weighted by molar-refractivity contribution is 7.13. The van der Waals surface area contributed by atoms with Crippen molar-refractivity contribution in [3.05, 3.63) is 66.2 Å².